The Morgan fingerprint density at radius 3 is 2.52 bits per heavy atom. The van der Waals surface area contributed by atoms with Crippen LogP contribution in [0.3, 0.4) is 0 Å². The number of carbonyl (C=O) groups is 2. The summed E-state index contributed by atoms with van der Waals surface area (Å²) in [5.74, 6) is -1.63. The summed E-state index contributed by atoms with van der Waals surface area (Å²) in [5, 5.41) is 7.06. The first kappa shape index (κ1) is 22.0. The van der Waals surface area contributed by atoms with E-state index in [1.54, 1.807) is 29.8 Å². The fourth-order valence-electron chi connectivity index (χ4n) is 3.05. The number of aryl methyl sites for hydroxylation is 2. The van der Waals surface area contributed by atoms with Crippen LogP contribution in [-0.4, -0.2) is 27.8 Å². The molecular weight excluding hydrogens is 397 g/mol. The Morgan fingerprint density at radius 2 is 1.84 bits per heavy atom. The lowest BCUT2D eigenvalue weighted by Gasteiger charge is -2.12. The summed E-state index contributed by atoms with van der Waals surface area (Å²) in [6.45, 7) is 6.85. The number of nitrogens with one attached hydrogen (secondary N) is 1. The molecule has 160 valence electrons. The summed E-state index contributed by atoms with van der Waals surface area (Å²) in [7, 11) is 0. The van der Waals surface area contributed by atoms with Gasteiger partial charge in [-0.15, -0.1) is 0 Å². The quantitative estimate of drug-likeness (QED) is 0.469. The number of aromatic nitrogens is 2. The van der Waals surface area contributed by atoms with Gasteiger partial charge in [-0.3, -0.25) is 4.79 Å². The minimum absolute atomic E-state index is 0.297. The molecule has 1 heterocycles. The Balaban J connectivity index is 1.64. The molecule has 0 saturated carbocycles. The van der Waals surface area contributed by atoms with E-state index in [0.717, 1.165) is 22.6 Å². The molecule has 0 bridgehead atoms. The predicted molar refractivity (Wildman–Crippen MR) is 117 cm³/mol. The van der Waals surface area contributed by atoms with Crippen molar-refractivity contribution in [3.63, 3.8) is 0 Å². The number of para-hydroxylation sites is 1. The van der Waals surface area contributed by atoms with E-state index < -0.39 is 23.8 Å². The van der Waals surface area contributed by atoms with Gasteiger partial charge in [0.25, 0.3) is 5.91 Å². The van der Waals surface area contributed by atoms with E-state index in [9.17, 15) is 14.0 Å². The molecule has 0 radical (unpaired) electrons. The van der Waals surface area contributed by atoms with Gasteiger partial charge < -0.3 is 10.1 Å². The summed E-state index contributed by atoms with van der Waals surface area (Å²) >= 11 is 0. The highest BCUT2D eigenvalue weighted by Gasteiger charge is 2.18. The van der Waals surface area contributed by atoms with Crippen LogP contribution in [-0.2, 0) is 14.3 Å². The maximum atomic E-state index is 13.6. The maximum Gasteiger partial charge on any atom is 0.331 e. The number of benzene rings is 2. The molecular formula is C24H24FN3O3. The zero-order valence-electron chi connectivity index (χ0n) is 17.8. The van der Waals surface area contributed by atoms with Gasteiger partial charge in [0.15, 0.2) is 6.10 Å². The second-order valence-corrected chi connectivity index (χ2v) is 7.20. The highest BCUT2D eigenvalue weighted by Crippen LogP contribution is 2.19. The molecule has 1 aromatic heterocycles. The van der Waals surface area contributed by atoms with E-state index in [0.29, 0.717) is 11.3 Å². The molecule has 0 fully saturated rings. The van der Waals surface area contributed by atoms with Crippen molar-refractivity contribution < 1.29 is 18.7 Å². The van der Waals surface area contributed by atoms with Crippen LogP contribution < -0.4 is 5.32 Å². The van der Waals surface area contributed by atoms with E-state index in [-0.39, 0.29) is 0 Å². The van der Waals surface area contributed by atoms with Gasteiger partial charge in [-0.1, -0.05) is 24.3 Å². The molecule has 0 saturated heterocycles. The third-order valence-electron chi connectivity index (χ3n) is 4.84. The van der Waals surface area contributed by atoms with Crippen molar-refractivity contribution in [2.45, 2.75) is 33.8 Å². The summed E-state index contributed by atoms with van der Waals surface area (Å²) in [6, 6.07) is 14.0. The van der Waals surface area contributed by atoms with Crippen LogP contribution in [0.5, 0.6) is 0 Å². The highest BCUT2D eigenvalue weighted by atomic mass is 19.1. The van der Waals surface area contributed by atoms with E-state index >= 15 is 0 Å². The zero-order chi connectivity index (χ0) is 22.5. The van der Waals surface area contributed by atoms with Crippen molar-refractivity contribution in [3.8, 4) is 5.69 Å². The molecule has 2 aromatic carbocycles. The first-order chi connectivity index (χ1) is 14.8. The molecule has 1 N–H and O–H groups in total. The molecule has 6 nitrogen and oxygen atoms in total. The largest absolute Gasteiger partial charge is 0.449 e. The summed E-state index contributed by atoms with van der Waals surface area (Å²) in [6.07, 6.45) is 1.84. The number of hydrogen-bond donors (Lipinski definition) is 1. The Hall–Kier alpha value is -3.74. The summed E-state index contributed by atoms with van der Waals surface area (Å²) in [5.41, 5.74) is 4.13. The van der Waals surface area contributed by atoms with Crippen molar-refractivity contribution in [2.24, 2.45) is 0 Å². The Labute approximate surface area is 180 Å². The Bertz CT molecular complexity index is 1140. The molecule has 31 heavy (non-hydrogen) atoms. The van der Waals surface area contributed by atoms with E-state index in [1.807, 2.05) is 44.2 Å². The number of anilines is 1. The van der Waals surface area contributed by atoms with Crippen molar-refractivity contribution in [1.29, 1.82) is 0 Å². The molecule has 0 spiro atoms. The van der Waals surface area contributed by atoms with Gasteiger partial charge in [0.1, 0.15) is 5.82 Å². The average Bonchev–Trinajstić information content (AvgIpc) is 3.03. The minimum atomic E-state index is -1.05. The van der Waals surface area contributed by atoms with Crippen LogP contribution in [0.25, 0.3) is 11.8 Å². The smallest absolute Gasteiger partial charge is 0.331 e. The van der Waals surface area contributed by atoms with E-state index in [2.05, 4.69) is 10.4 Å². The van der Waals surface area contributed by atoms with Crippen molar-refractivity contribution in [2.75, 3.05) is 5.32 Å². The van der Waals surface area contributed by atoms with Crippen LogP contribution in [0.4, 0.5) is 10.1 Å². The maximum absolute atomic E-state index is 13.6. The topological polar surface area (TPSA) is 73.2 Å². The van der Waals surface area contributed by atoms with Gasteiger partial charge in [0.2, 0.25) is 0 Å². The van der Waals surface area contributed by atoms with E-state index in [1.165, 1.54) is 19.1 Å². The third kappa shape index (κ3) is 5.25. The predicted octanol–water partition coefficient (Wildman–Crippen LogP) is 4.52. The number of nitrogens with zero attached hydrogens (tertiary/aromatic N) is 2. The first-order valence-corrected chi connectivity index (χ1v) is 9.83. The lowest BCUT2D eigenvalue weighted by atomic mass is 10.2. The summed E-state index contributed by atoms with van der Waals surface area (Å²) in [4.78, 5) is 24.4. The average molecular weight is 421 g/mol. The number of amides is 1. The number of ether oxygens (including phenoxy) is 1. The SMILES string of the molecule is Cc1ccc(NC(=O)C(C)OC(=O)/C=C/c2c(C)nn(-c3ccccc3)c2C)cc1F. The Morgan fingerprint density at radius 1 is 1.13 bits per heavy atom. The number of halogens is 1. The normalized spacial score (nSPS) is 12.0. The molecule has 0 aliphatic carbocycles. The number of carbonyl (C=O) groups excluding carboxylic acids is 2. The number of esters is 1. The molecule has 3 rings (SSSR count). The molecule has 0 aliphatic heterocycles. The minimum Gasteiger partial charge on any atom is -0.449 e. The van der Waals surface area contributed by atoms with Crippen molar-refractivity contribution in [3.05, 3.63) is 82.9 Å². The van der Waals surface area contributed by atoms with Crippen LogP contribution >= 0.6 is 0 Å². The molecule has 1 unspecified atom stereocenters. The number of rotatable bonds is 6. The third-order valence-corrected chi connectivity index (χ3v) is 4.84. The van der Waals surface area contributed by atoms with Gasteiger partial charge in [-0.05, 0) is 63.6 Å². The van der Waals surface area contributed by atoms with E-state index in [4.69, 9.17) is 4.74 Å². The highest BCUT2D eigenvalue weighted by molar-refractivity contribution is 5.96. The van der Waals surface area contributed by atoms with Gasteiger partial charge in [0, 0.05) is 23.0 Å². The van der Waals surface area contributed by atoms with Gasteiger partial charge in [-0.2, -0.15) is 5.10 Å². The lowest BCUT2D eigenvalue weighted by Crippen LogP contribution is -2.29. The fraction of sp³-hybridized carbons (Fsp3) is 0.208. The second kappa shape index (κ2) is 9.38. The van der Waals surface area contributed by atoms with Gasteiger partial charge in [-0.25, -0.2) is 13.9 Å². The molecule has 1 atom stereocenters. The molecule has 1 amide bonds. The van der Waals surface area contributed by atoms with Crippen LogP contribution in [0.1, 0.15) is 29.4 Å². The fourth-order valence-corrected chi connectivity index (χ4v) is 3.05. The van der Waals surface area contributed by atoms with Crippen LogP contribution in [0.15, 0.2) is 54.6 Å². The monoisotopic (exact) mass is 421 g/mol. The second-order valence-electron chi connectivity index (χ2n) is 7.20. The van der Waals surface area contributed by atoms with Crippen molar-refractivity contribution >= 4 is 23.6 Å². The van der Waals surface area contributed by atoms with Crippen LogP contribution in [0.2, 0.25) is 0 Å². The zero-order valence-corrected chi connectivity index (χ0v) is 17.8. The molecule has 0 aliphatic rings. The van der Waals surface area contributed by atoms with Gasteiger partial charge in [0.05, 0.1) is 11.4 Å². The Kier molecular flexibility index (Phi) is 6.65. The van der Waals surface area contributed by atoms with Gasteiger partial charge >= 0.3 is 5.97 Å². The van der Waals surface area contributed by atoms with Crippen LogP contribution in [0, 0.1) is 26.6 Å². The summed E-state index contributed by atoms with van der Waals surface area (Å²) < 4.78 is 20.6. The van der Waals surface area contributed by atoms with Crippen molar-refractivity contribution in [1.82, 2.24) is 9.78 Å². The molecule has 7 heteroatoms. The standard InChI is InChI=1S/C24H24FN3O3/c1-15-10-11-19(14-22(15)25)26-24(30)18(4)31-23(29)13-12-21-16(2)27-28(17(21)3)20-8-6-5-7-9-20/h5-14,18H,1-4H3,(H,26,30)/b13-12+. The number of hydrogen-bond acceptors (Lipinski definition) is 4. The molecule has 3 aromatic rings. The lowest BCUT2D eigenvalue weighted by molar-refractivity contribution is -0.148. The first-order valence-electron chi connectivity index (χ1n) is 9.83.